The predicted molar refractivity (Wildman–Crippen MR) is 92.0 cm³/mol. The van der Waals surface area contributed by atoms with E-state index in [1.54, 1.807) is 14.2 Å². The van der Waals surface area contributed by atoms with Crippen LogP contribution in [0.3, 0.4) is 0 Å². The topological polar surface area (TPSA) is 50.7 Å². The average Bonchev–Trinajstić information content (AvgIpc) is 2.61. The Hall–Kier alpha value is -2.04. The lowest BCUT2D eigenvalue weighted by molar-refractivity contribution is 0.281. The van der Waals surface area contributed by atoms with Crippen LogP contribution in [0.2, 0.25) is 0 Å². The number of hydrogen-bond acceptors (Lipinski definition) is 4. The lowest BCUT2D eigenvalue weighted by Crippen LogP contribution is -2.21. The smallest absolute Gasteiger partial charge is 0.160 e. The molecule has 2 aromatic carbocycles. The van der Waals surface area contributed by atoms with Crippen LogP contribution in [-0.4, -0.2) is 25.9 Å². The first-order chi connectivity index (χ1) is 11.2. The monoisotopic (exact) mass is 315 g/mol. The van der Waals surface area contributed by atoms with E-state index >= 15 is 0 Å². The molecule has 2 N–H and O–H groups in total. The number of ether oxygens (including phenoxy) is 2. The van der Waals surface area contributed by atoms with Crippen molar-refractivity contribution >= 4 is 0 Å². The molecule has 0 saturated carbocycles. The van der Waals surface area contributed by atoms with Crippen LogP contribution in [0.5, 0.6) is 11.5 Å². The molecule has 0 aromatic heterocycles. The first-order valence-corrected chi connectivity index (χ1v) is 7.82. The predicted octanol–water partition coefficient (Wildman–Crippen LogP) is 3.09. The van der Waals surface area contributed by atoms with Gasteiger partial charge in [-0.15, -0.1) is 0 Å². The third-order valence-corrected chi connectivity index (χ3v) is 3.95. The molecule has 0 radical (unpaired) electrons. The van der Waals surface area contributed by atoms with Gasteiger partial charge in [-0.3, -0.25) is 0 Å². The third-order valence-electron chi connectivity index (χ3n) is 3.95. The summed E-state index contributed by atoms with van der Waals surface area (Å²) in [7, 11) is 3.29. The van der Waals surface area contributed by atoms with Gasteiger partial charge in [0.25, 0.3) is 0 Å². The van der Waals surface area contributed by atoms with Gasteiger partial charge in [0.2, 0.25) is 0 Å². The number of nitrogens with one attached hydrogen (secondary N) is 1. The second-order valence-electron chi connectivity index (χ2n) is 5.52. The lowest BCUT2D eigenvalue weighted by atomic mass is 10.0. The second kappa shape index (κ2) is 8.56. The van der Waals surface area contributed by atoms with Crippen molar-refractivity contribution in [3.8, 4) is 11.5 Å². The Bertz CT molecular complexity index is 628. The van der Waals surface area contributed by atoms with Gasteiger partial charge in [-0.25, -0.2) is 0 Å². The molecule has 2 aromatic rings. The van der Waals surface area contributed by atoms with E-state index in [-0.39, 0.29) is 12.6 Å². The van der Waals surface area contributed by atoms with Gasteiger partial charge >= 0.3 is 0 Å². The Morgan fingerprint density at radius 1 is 1.00 bits per heavy atom. The molecule has 2 rings (SSSR count). The van der Waals surface area contributed by atoms with Crippen molar-refractivity contribution in [2.45, 2.75) is 26.0 Å². The summed E-state index contributed by atoms with van der Waals surface area (Å²) >= 11 is 0. The SMILES string of the molecule is COc1ccc(CCNC(C)c2cccc(CO)c2)cc1OC. The van der Waals surface area contributed by atoms with Gasteiger partial charge in [0.05, 0.1) is 20.8 Å². The van der Waals surface area contributed by atoms with E-state index in [0.29, 0.717) is 0 Å². The molecule has 0 aliphatic rings. The third kappa shape index (κ3) is 4.71. The van der Waals surface area contributed by atoms with Crippen LogP contribution >= 0.6 is 0 Å². The number of benzene rings is 2. The number of methoxy groups -OCH3 is 2. The summed E-state index contributed by atoms with van der Waals surface area (Å²) in [6, 6.07) is 14.3. The van der Waals surface area contributed by atoms with Crippen LogP contribution in [0.1, 0.15) is 29.7 Å². The summed E-state index contributed by atoms with van der Waals surface area (Å²) in [6.45, 7) is 3.07. The molecule has 1 unspecified atom stereocenters. The average molecular weight is 315 g/mol. The fourth-order valence-corrected chi connectivity index (χ4v) is 2.55. The lowest BCUT2D eigenvalue weighted by Gasteiger charge is -2.15. The fourth-order valence-electron chi connectivity index (χ4n) is 2.55. The van der Waals surface area contributed by atoms with Gasteiger partial charge in [0.15, 0.2) is 11.5 Å². The van der Waals surface area contributed by atoms with Crippen LogP contribution in [0.25, 0.3) is 0 Å². The van der Waals surface area contributed by atoms with Crippen LogP contribution < -0.4 is 14.8 Å². The minimum Gasteiger partial charge on any atom is -0.493 e. The zero-order chi connectivity index (χ0) is 16.7. The molecule has 0 heterocycles. The Labute approximate surface area is 138 Å². The molecule has 0 saturated heterocycles. The molecule has 4 nitrogen and oxygen atoms in total. The van der Waals surface area contributed by atoms with Crippen molar-refractivity contribution < 1.29 is 14.6 Å². The zero-order valence-electron chi connectivity index (χ0n) is 14.0. The molecule has 0 amide bonds. The maximum atomic E-state index is 9.22. The normalized spacial score (nSPS) is 12.0. The number of hydrogen-bond donors (Lipinski definition) is 2. The Kier molecular flexibility index (Phi) is 6.44. The molecule has 0 aliphatic heterocycles. The molecule has 124 valence electrons. The van der Waals surface area contributed by atoms with Crippen molar-refractivity contribution in [3.63, 3.8) is 0 Å². The number of rotatable bonds is 8. The highest BCUT2D eigenvalue weighted by molar-refractivity contribution is 5.43. The molecular formula is C19H25NO3. The van der Waals surface area contributed by atoms with Gasteiger partial charge in [0.1, 0.15) is 0 Å². The minimum atomic E-state index is 0.0756. The largest absolute Gasteiger partial charge is 0.493 e. The van der Waals surface area contributed by atoms with E-state index in [4.69, 9.17) is 9.47 Å². The molecule has 1 atom stereocenters. The number of aliphatic hydroxyl groups excluding tert-OH is 1. The van der Waals surface area contributed by atoms with Gasteiger partial charge in [-0.05, 0) is 48.7 Å². The molecule has 0 aliphatic carbocycles. The van der Waals surface area contributed by atoms with Gasteiger partial charge in [-0.1, -0.05) is 30.3 Å². The highest BCUT2D eigenvalue weighted by atomic mass is 16.5. The molecule has 0 fully saturated rings. The minimum absolute atomic E-state index is 0.0756. The summed E-state index contributed by atoms with van der Waals surface area (Å²) in [4.78, 5) is 0. The standard InChI is InChI=1S/C19H25NO3/c1-14(17-6-4-5-16(11-17)13-21)20-10-9-15-7-8-18(22-2)19(12-15)23-3/h4-8,11-12,14,20-21H,9-10,13H2,1-3H3. The fraction of sp³-hybridized carbons (Fsp3) is 0.368. The van der Waals surface area contributed by atoms with Gasteiger partial charge in [-0.2, -0.15) is 0 Å². The molecule has 0 bridgehead atoms. The van der Waals surface area contributed by atoms with Crippen molar-refractivity contribution in [2.24, 2.45) is 0 Å². The summed E-state index contributed by atoms with van der Waals surface area (Å²) in [6.07, 6.45) is 0.907. The van der Waals surface area contributed by atoms with E-state index in [1.807, 2.05) is 30.3 Å². The summed E-state index contributed by atoms with van der Waals surface area (Å²) in [5.41, 5.74) is 3.33. The van der Waals surface area contributed by atoms with E-state index in [1.165, 1.54) is 11.1 Å². The van der Waals surface area contributed by atoms with Crippen molar-refractivity contribution in [1.29, 1.82) is 0 Å². The molecule has 23 heavy (non-hydrogen) atoms. The van der Waals surface area contributed by atoms with E-state index < -0.39 is 0 Å². The Morgan fingerprint density at radius 2 is 1.78 bits per heavy atom. The van der Waals surface area contributed by atoms with E-state index in [9.17, 15) is 5.11 Å². The maximum absolute atomic E-state index is 9.22. The zero-order valence-corrected chi connectivity index (χ0v) is 14.0. The van der Waals surface area contributed by atoms with E-state index in [0.717, 1.165) is 30.0 Å². The summed E-state index contributed by atoms with van der Waals surface area (Å²) in [5, 5.41) is 12.7. The first-order valence-electron chi connectivity index (χ1n) is 7.82. The van der Waals surface area contributed by atoms with Gasteiger partial charge in [0, 0.05) is 6.04 Å². The van der Waals surface area contributed by atoms with Crippen molar-refractivity contribution in [2.75, 3.05) is 20.8 Å². The number of aliphatic hydroxyl groups is 1. The van der Waals surface area contributed by atoms with Crippen LogP contribution in [0.4, 0.5) is 0 Å². The van der Waals surface area contributed by atoms with Crippen LogP contribution in [0.15, 0.2) is 42.5 Å². The Morgan fingerprint density at radius 3 is 2.48 bits per heavy atom. The van der Waals surface area contributed by atoms with Crippen LogP contribution in [-0.2, 0) is 13.0 Å². The van der Waals surface area contributed by atoms with Crippen molar-refractivity contribution in [1.82, 2.24) is 5.32 Å². The molecule has 4 heteroatoms. The van der Waals surface area contributed by atoms with Gasteiger partial charge < -0.3 is 19.9 Å². The van der Waals surface area contributed by atoms with Crippen LogP contribution in [0, 0.1) is 0 Å². The van der Waals surface area contributed by atoms with E-state index in [2.05, 4.69) is 24.4 Å². The highest BCUT2D eigenvalue weighted by Crippen LogP contribution is 2.27. The second-order valence-corrected chi connectivity index (χ2v) is 5.52. The molecule has 0 spiro atoms. The molecular weight excluding hydrogens is 290 g/mol. The highest BCUT2D eigenvalue weighted by Gasteiger charge is 2.07. The first kappa shape index (κ1) is 17.3. The maximum Gasteiger partial charge on any atom is 0.160 e. The Balaban J connectivity index is 1.91. The summed E-state index contributed by atoms with van der Waals surface area (Å²) in [5.74, 6) is 1.51. The quantitative estimate of drug-likeness (QED) is 0.786. The van der Waals surface area contributed by atoms with Crippen molar-refractivity contribution in [3.05, 3.63) is 59.2 Å². The summed E-state index contributed by atoms with van der Waals surface area (Å²) < 4.78 is 10.6.